The molecule has 28 heteroatoms. The van der Waals surface area contributed by atoms with Crippen LogP contribution < -0.4 is 9.47 Å². The number of carbonyl (C=O) groups is 4. The lowest BCUT2D eigenvalue weighted by Gasteiger charge is -2.46. The number of benzene rings is 4. The quantitative estimate of drug-likeness (QED) is 0.0177. The number of aromatic hydroxyl groups is 5. The highest BCUT2D eigenvalue weighted by atomic mass is 16.8. The highest BCUT2D eigenvalue weighted by Crippen LogP contribution is 2.46. The number of esters is 3. The molecule has 4 aromatic carbocycles. The first-order chi connectivity index (χ1) is 39.0. The van der Waals surface area contributed by atoms with E-state index in [4.69, 9.17) is 52.5 Å². The minimum absolute atomic E-state index is 0.0350. The van der Waals surface area contributed by atoms with Crippen LogP contribution in [-0.4, -0.2) is 207 Å². The highest BCUT2D eigenvalue weighted by molar-refractivity contribution is 5.90. The van der Waals surface area contributed by atoms with Gasteiger partial charge in [0.2, 0.25) is 12.6 Å². The second-order valence-corrected chi connectivity index (χ2v) is 18.9. The maximum atomic E-state index is 13.0. The fourth-order valence-corrected chi connectivity index (χ4v) is 8.65. The van der Waals surface area contributed by atoms with Gasteiger partial charge in [0.05, 0.1) is 5.56 Å². The van der Waals surface area contributed by atoms with Gasteiger partial charge in [-0.1, -0.05) is 30.3 Å². The van der Waals surface area contributed by atoms with E-state index in [-0.39, 0.29) is 45.4 Å². The van der Waals surface area contributed by atoms with Crippen LogP contribution in [0, 0.1) is 0 Å². The van der Waals surface area contributed by atoms with Crippen molar-refractivity contribution in [3.63, 3.8) is 0 Å². The predicted molar refractivity (Wildman–Crippen MR) is 269 cm³/mol. The van der Waals surface area contributed by atoms with Crippen LogP contribution in [0.15, 0.2) is 96.8 Å². The number of hydrogen-bond donors (Lipinski definition) is 14. The number of ether oxygens (including phenoxy) is 10. The Kier molecular flexibility index (Phi) is 19.2. The van der Waals surface area contributed by atoms with Gasteiger partial charge in [-0.05, 0) is 65.8 Å². The summed E-state index contributed by atoms with van der Waals surface area (Å²) in [6.07, 6.45) is -26.1. The third-order valence-corrected chi connectivity index (χ3v) is 13.0. The monoisotopic (exact) mass is 1150 g/mol. The van der Waals surface area contributed by atoms with E-state index in [1.54, 1.807) is 0 Å². The van der Waals surface area contributed by atoms with Gasteiger partial charge in [0.25, 0.3) is 0 Å². The Bertz CT molecular complexity index is 3000. The lowest BCUT2D eigenvalue weighted by atomic mass is 9.97. The third-order valence-electron chi connectivity index (χ3n) is 13.0. The van der Waals surface area contributed by atoms with Crippen molar-refractivity contribution < 1.29 is 138 Å². The molecule has 4 aliphatic heterocycles. The maximum absolute atomic E-state index is 13.0. The zero-order valence-electron chi connectivity index (χ0n) is 42.4. The molecular formula is C54H56O28. The summed E-state index contributed by atoms with van der Waals surface area (Å²) in [5.41, 5.74) is 0.856. The number of hydrogen-bond acceptors (Lipinski definition) is 27. The molecule has 0 aliphatic carbocycles. The van der Waals surface area contributed by atoms with E-state index >= 15 is 0 Å². The molecule has 4 heterocycles. The Balaban J connectivity index is 1.10. The largest absolute Gasteiger partial charge is 0.508 e. The first-order valence-corrected chi connectivity index (χ1v) is 24.9. The van der Waals surface area contributed by atoms with E-state index in [0.717, 1.165) is 30.4 Å². The van der Waals surface area contributed by atoms with E-state index < -0.39 is 166 Å². The van der Waals surface area contributed by atoms with Crippen molar-refractivity contribution in [2.24, 2.45) is 0 Å². The van der Waals surface area contributed by atoms with Crippen molar-refractivity contribution in [1.82, 2.24) is 0 Å². The molecule has 82 heavy (non-hydrogen) atoms. The van der Waals surface area contributed by atoms with Crippen LogP contribution in [0.4, 0.5) is 0 Å². The molecule has 3 saturated heterocycles. The average Bonchev–Trinajstić information content (AvgIpc) is 3.64. The number of phenols is 5. The summed E-state index contributed by atoms with van der Waals surface area (Å²) < 4.78 is 57.9. The Morgan fingerprint density at radius 2 is 1.04 bits per heavy atom. The van der Waals surface area contributed by atoms with Crippen LogP contribution >= 0.6 is 0 Å². The maximum Gasteiger partial charge on any atom is 0.330 e. The zero-order chi connectivity index (χ0) is 59.1. The van der Waals surface area contributed by atoms with Crippen molar-refractivity contribution in [3.05, 3.63) is 119 Å². The van der Waals surface area contributed by atoms with Gasteiger partial charge in [-0.15, -0.1) is 0 Å². The van der Waals surface area contributed by atoms with E-state index in [2.05, 4.69) is 0 Å². The van der Waals surface area contributed by atoms with Crippen LogP contribution in [-0.2, 0) is 57.1 Å². The normalized spacial score (nSPS) is 29.9. The summed E-state index contributed by atoms with van der Waals surface area (Å²) in [5.74, 6) is -7.25. The minimum atomic E-state index is -2.15. The van der Waals surface area contributed by atoms with Gasteiger partial charge in [0, 0.05) is 29.8 Å². The fourth-order valence-electron chi connectivity index (χ4n) is 8.65. The van der Waals surface area contributed by atoms with Crippen molar-refractivity contribution in [2.75, 3.05) is 19.8 Å². The summed E-state index contributed by atoms with van der Waals surface area (Å²) in [7, 11) is 0. The molecule has 28 nitrogen and oxygen atoms in total. The number of aliphatic hydroxyl groups excluding tert-OH is 8. The molecule has 8 rings (SSSR count). The van der Waals surface area contributed by atoms with Gasteiger partial charge in [0.15, 0.2) is 30.0 Å². The third kappa shape index (κ3) is 14.5. The van der Waals surface area contributed by atoms with Crippen LogP contribution in [0.5, 0.6) is 40.2 Å². The molecule has 0 bridgehead atoms. The number of aliphatic hydroxyl groups is 8. The van der Waals surface area contributed by atoms with Gasteiger partial charge >= 0.3 is 23.9 Å². The first-order valence-electron chi connectivity index (χ1n) is 24.9. The second kappa shape index (κ2) is 26.2. The predicted octanol–water partition coefficient (Wildman–Crippen LogP) is -0.937. The van der Waals surface area contributed by atoms with E-state index in [0.29, 0.717) is 5.56 Å². The van der Waals surface area contributed by atoms with Gasteiger partial charge in [-0.3, -0.25) is 9.59 Å². The smallest absolute Gasteiger partial charge is 0.330 e. The number of carbonyl (C=O) groups excluding carboxylic acids is 3. The Hall–Kier alpha value is -8.10. The van der Waals surface area contributed by atoms with Crippen molar-refractivity contribution in [3.8, 4) is 40.2 Å². The molecule has 440 valence electrons. The van der Waals surface area contributed by atoms with E-state index in [9.17, 15) is 85.6 Å². The van der Waals surface area contributed by atoms with Crippen LogP contribution in [0.2, 0.25) is 0 Å². The van der Waals surface area contributed by atoms with E-state index in [1.807, 2.05) is 0 Å². The molecule has 16 atom stereocenters. The van der Waals surface area contributed by atoms with Gasteiger partial charge in [-0.25, -0.2) is 9.59 Å². The molecule has 4 aromatic rings. The zero-order valence-corrected chi connectivity index (χ0v) is 42.4. The van der Waals surface area contributed by atoms with Gasteiger partial charge in [-0.2, -0.15) is 0 Å². The molecule has 0 amide bonds. The number of carboxylic acids is 1. The van der Waals surface area contributed by atoms with E-state index in [1.165, 1.54) is 78.9 Å². The fraction of sp³-hybridized carbons (Fsp3) is 0.370. The Morgan fingerprint density at radius 3 is 1.63 bits per heavy atom. The van der Waals surface area contributed by atoms with Crippen LogP contribution in [0.25, 0.3) is 18.2 Å². The molecule has 0 aromatic heterocycles. The lowest BCUT2D eigenvalue weighted by molar-refractivity contribution is -0.364. The summed E-state index contributed by atoms with van der Waals surface area (Å²) >= 11 is 0. The molecule has 0 radical (unpaired) electrons. The van der Waals surface area contributed by atoms with Crippen LogP contribution in [0.3, 0.4) is 0 Å². The summed E-state index contributed by atoms with van der Waals surface area (Å²) in [5, 5.41) is 148. The first kappa shape index (κ1) is 60.0. The number of carboxylic acid groups (broad SMARTS) is 1. The van der Waals surface area contributed by atoms with Crippen molar-refractivity contribution in [1.29, 1.82) is 0 Å². The Labute approximate surface area is 462 Å². The lowest BCUT2D eigenvalue weighted by Crippen LogP contribution is -2.64. The summed E-state index contributed by atoms with van der Waals surface area (Å²) in [6, 6.07) is 16.9. The number of rotatable bonds is 19. The standard InChI is InChI=1S/C54H56O28/c55-26-8-1-23(2-9-26)4-13-39(62)74-21-37-44(67)47(70)51(82-53-49(72)46(69)42(65)35(80-53)20-73-40(63)14-5-24-3-12-30(58)31(59)15-24)54(81-37)78-34-18-29-32(76-50(34)25-6-10-27(56)11-7-25)16-28(57)17-33(29)77-52-48(71)45(68)43(66)36(79-52)22-75-41(64)19-38(60)61/h1-18,35-37,42-59,65-72H,19-22H2,(H,60,61). The van der Waals surface area contributed by atoms with Gasteiger partial charge < -0.3 is 119 Å². The molecule has 14 N–H and O–H groups in total. The minimum Gasteiger partial charge on any atom is -0.508 e. The van der Waals surface area contributed by atoms with Gasteiger partial charge in [0.1, 0.15) is 128 Å². The summed E-state index contributed by atoms with van der Waals surface area (Å²) in [4.78, 5) is 48.8. The number of fused-ring (bicyclic) bond motifs is 1. The molecule has 16 unspecified atom stereocenters. The number of phenolic OH excluding ortho intramolecular Hbond substituents is 5. The number of aliphatic carboxylic acids is 1. The Morgan fingerprint density at radius 1 is 0.512 bits per heavy atom. The molecule has 0 saturated carbocycles. The second-order valence-electron chi connectivity index (χ2n) is 18.9. The molecular weight excluding hydrogens is 1100 g/mol. The van der Waals surface area contributed by atoms with Crippen molar-refractivity contribution in [2.45, 2.75) is 105 Å². The molecule has 4 aliphatic rings. The summed E-state index contributed by atoms with van der Waals surface area (Å²) in [6.45, 7) is -2.40. The molecule has 3 fully saturated rings. The van der Waals surface area contributed by atoms with Crippen LogP contribution in [0.1, 0.15) is 34.8 Å². The SMILES string of the molecule is O=C(O)CC(=O)OCC1OC(Oc2cc(O)cc3c2C=C(OC2OC(COC(=O)C=Cc4ccc(O)cc4)C(O)C(O)C2OC2OC(COC(=O)C=Cc4ccc(O)c(O)c4)C(O)C(O)C2O)C(c2ccc(O)cc2)O3)C(O)C(O)C1O. The topological polar surface area (TPSA) is 444 Å². The highest BCUT2D eigenvalue weighted by Gasteiger charge is 2.53. The molecule has 0 spiro atoms. The van der Waals surface area contributed by atoms with Crippen molar-refractivity contribution >= 4 is 42.1 Å². The average molecular weight is 1150 g/mol.